The smallest absolute Gasteiger partial charge is 0.273 e. The molecule has 1 aromatic heterocycles. The van der Waals surface area contributed by atoms with Crippen molar-refractivity contribution in [3.05, 3.63) is 59.4 Å². The normalized spacial score (nSPS) is 14.2. The lowest BCUT2D eigenvalue weighted by Gasteiger charge is -2.24. The Labute approximate surface area is 207 Å². The number of nitrogens with zero attached hydrogens (tertiary/aromatic N) is 8. The molecule has 1 unspecified atom stereocenters. The van der Waals surface area contributed by atoms with Crippen molar-refractivity contribution in [1.82, 2.24) is 25.6 Å². The van der Waals surface area contributed by atoms with Gasteiger partial charge in [-0.1, -0.05) is 12.1 Å². The Hall–Kier alpha value is -4.66. The van der Waals surface area contributed by atoms with E-state index < -0.39 is 6.04 Å². The number of methoxy groups -OCH3 is 1. The maximum absolute atomic E-state index is 13.1. The number of carbonyl (C=O) groups is 1. The predicted octanol–water partition coefficient (Wildman–Crippen LogP) is 3.99. The van der Waals surface area contributed by atoms with Gasteiger partial charge in [-0.2, -0.15) is 25.8 Å². The summed E-state index contributed by atoms with van der Waals surface area (Å²) >= 11 is 0. The van der Waals surface area contributed by atoms with Crippen LogP contribution in [0.4, 0.5) is 5.69 Å². The quantitative estimate of drug-likeness (QED) is 0.448. The number of nitrogens with one attached hydrogen (secondary N) is 1. The van der Waals surface area contributed by atoms with E-state index in [1.807, 2.05) is 31.2 Å². The van der Waals surface area contributed by atoms with Crippen LogP contribution in [0.15, 0.2) is 57.8 Å². The molecule has 36 heavy (non-hydrogen) atoms. The highest BCUT2D eigenvalue weighted by molar-refractivity contribution is 6.03. The average Bonchev–Trinajstić information content (AvgIpc) is 3.47. The minimum atomic E-state index is -0.975. The maximum atomic E-state index is 13.1. The fourth-order valence-electron chi connectivity index (χ4n) is 3.54. The summed E-state index contributed by atoms with van der Waals surface area (Å²) in [5, 5.41) is 36.5. The Morgan fingerprint density at radius 3 is 2.78 bits per heavy atom. The fourth-order valence-corrected chi connectivity index (χ4v) is 3.54. The second-order valence-corrected chi connectivity index (χ2v) is 7.86. The molecule has 1 atom stereocenters. The summed E-state index contributed by atoms with van der Waals surface area (Å²) in [5.74, 6) is 1.24. The number of rotatable bonds is 9. The summed E-state index contributed by atoms with van der Waals surface area (Å²) in [4.78, 5) is 13.1. The number of hydrogen-bond donors (Lipinski definition) is 1. The summed E-state index contributed by atoms with van der Waals surface area (Å²) in [7, 11) is 1.61. The highest BCUT2D eigenvalue weighted by atomic mass is 16.5. The summed E-state index contributed by atoms with van der Waals surface area (Å²) in [5.41, 5.74) is 2.66. The predicted molar refractivity (Wildman–Crippen MR) is 129 cm³/mol. The maximum Gasteiger partial charge on any atom is 0.273 e. The lowest BCUT2D eigenvalue weighted by molar-refractivity contribution is 0.0751. The van der Waals surface area contributed by atoms with E-state index in [4.69, 9.17) is 9.47 Å². The number of tetrazole rings is 1. The monoisotopic (exact) mass is 487 g/mol. The number of carbonyl (C=O) groups excluding carboxylic acids is 1. The van der Waals surface area contributed by atoms with Crippen LogP contribution >= 0.6 is 0 Å². The van der Waals surface area contributed by atoms with Crippen LogP contribution in [0, 0.1) is 11.3 Å². The summed E-state index contributed by atoms with van der Waals surface area (Å²) in [6.45, 7) is 3.15. The zero-order valence-corrected chi connectivity index (χ0v) is 20.0. The Bertz CT molecular complexity index is 1280. The van der Waals surface area contributed by atoms with Crippen LogP contribution in [0.5, 0.6) is 11.5 Å². The van der Waals surface area contributed by atoms with E-state index in [9.17, 15) is 10.1 Å². The number of aromatic amines is 1. The molecule has 1 aliphatic heterocycles. The molecular formula is C24H25N9O3. The molecule has 0 spiro atoms. The Morgan fingerprint density at radius 2 is 2.08 bits per heavy atom. The first kappa shape index (κ1) is 24.5. The highest BCUT2D eigenvalue weighted by Crippen LogP contribution is 2.30. The number of hydrogen-bond acceptors (Lipinski definition) is 10. The minimum Gasteiger partial charge on any atom is -0.493 e. The summed E-state index contributed by atoms with van der Waals surface area (Å²) < 4.78 is 11.2. The molecule has 1 amide bonds. The van der Waals surface area contributed by atoms with Gasteiger partial charge in [0.05, 0.1) is 31.2 Å². The van der Waals surface area contributed by atoms with Crippen molar-refractivity contribution >= 4 is 17.3 Å². The van der Waals surface area contributed by atoms with E-state index in [1.165, 1.54) is 5.01 Å². The van der Waals surface area contributed by atoms with Crippen LogP contribution in [0.3, 0.4) is 0 Å². The first-order valence-electron chi connectivity index (χ1n) is 11.5. The molecule has 12 heteroatoms. The molecular weight excluding hydrogens is 462 g/mol. The van der Waals surface area contributed by atoms with E-state index in [0.29, 0.717) is 35.9 Å². The Balaban J connectivity index is 1.48. The van der Waals surface area contributed by atoms with Gasteiger partial charge in [0.1, 0.15) is 0 Å². The SMILES string of the molecule is CCCOc1cc(C2=NN(C(=O)c3ccc(N=NC(C#N)c4nn[nH]n4)cc3)CCC2)ccc1OC. The van der Waals surface area contributed by atoms with Gasteiger partial charge in [0.2, 0.25) is 11.9 Å². The van der Waals surface area contributed by atoms with Gasteiger partial charge in [-0.3, -0.25) is 4.79 Å². The highest BCUT2D eigenvalue weighted by Gasteiger charge is 2.22. The van der Waals surface area contributed by atoms with Crippen LogP contribution in [-0.4, -0.2) is 57.5 Å². The van der Waals surface area contributed by atoms with Crippen molar-refractivity contribution in [2.75, 3.05) is 20.3 Å². The van der Waals surface area contributed by atoms with Crippen LogP contribution in [0.2, 0.25) is 0 Å². The number of nitriles is 1. The zero-order valence-electron chi connectivity index (χ0n) is 20.0. The van der Waals surface area contributed by atoms with Crippen LogP contribution < -0.4 is 9.47 Å². The first-order valence-corrected chi connectivity index (χ1v) is 11.5. The molecule has 4 rings (SSSR count). The number of azo groups is 1. The number of amides is 1. The van der Waals surface area contributed by atoms with Crippen LogP contribution in [-0.2, 0) is 0 Å². The second-order valence-electron chi connectivity index (χ2n) is 7.86. The molecule has 0 bridgehead atoms. The number of H-pyrrole nitrogens is 1. The fraction of sp³-hybridized carbons (Fsp3) is 0.333. The van der Waals surface area contributed by atoms with Gasteiger partial charge in [0.25, 0.3) is 5.91 Å². The van der Waals surface area contributed by atoms with Crippen molar-refractivity contribution in [2.45, 2.75) is 32.2 Å². The van der Waals surface area contributed by atoms with Crippen molar-refractivity contribution < 1.29 is 14.3 Å². The molecule has 0 saturated carbocycles. The molecule has 1 N–H and O–H groups in total. The molecule has 2 aromatic carbocycles. The van der Waals surface area contributed by atoms with Gasteiger partial charge in [-0.05, 0) is 61.7 Å². The number of aromatic nitrogens is 4. The molecule has 2 heterocycles. The van der Waals surface area contributed by atoms with Gasteiger partial charge in [-0.25, -0.2) is 5.01 Å². The third kappa shape index (κ3) is 5.69. The number of hydrazone groups is 1. The molecule has 184 valence electrons. The van der Waals surface area contributed by atoms with E-state index in [0.717, 1.165) is 30.5 Å². The van der Waals surface area contributed by atoms with Gasteiger partial charge in [-0.15, -0.1) is 10.2 Å². The van der Waals surface area contributed by atoms with Gasteiger partial charge in [0, 0.05) is 17.7 Å². The van der Waals surface area contributed by atoms with Crippen LogP contribution in [0.25, 0.3) is 0 Å². The largest absolute Gasteiger partial charge is 0.493 e. The van der Waals surface area contributed by atoms with Gasteiger partial charge < -0.3 is 9.47 Å². The molecule has 0 saturated heterocycles. The standard InChI is InChI=1S/C24H25N9O3/c1-3-13-36-22-14-17(8-11-21(22)35-2)19-5-4-12-33(30-19)24(34)16-6-9-18(10-7-16)26-27-20(15-25)23-28-31-32-29-23/h6-11,14,20H,3-5,12-13H2,1-2H3,(H,28,29,31,32). The Kier molecular flexibility index (Phi) is 7.92. The molecule has 1 aliphatic rings. The zero-order chi connectivity index (χ0) is 25.3. The second kappa shape index (κ2) is 11.7. The molecule has 12 nitrogen and oxygen atoms in total. The number of ether oxygens (including phenoxy) is 2. The van der Waals surface area contributed by atoms with Crippen molar-refractivity contribution in [3.8, 4) is 17.6 Å². The minimum absolute atomic E-state index is 0.132. The lowest BCUT2D eigenvalue weighted by Crippen LogP contribution is -2.32. The molecule has 0 fully saturated rings. The topological polar surface area (TPSA) is 154 Å². The third-order valence-electron chi connectivity index (χ3n) is 5.35. The van der Waals surface area contributed by atoms with Crippen molar-refractivity contribution in [1.29, 1.82) is 5.26 Å². The van der Waals surface area contributed by atoms with E-state index in [-0.39, 0.29) is 11.7 Å². The van der Waals surface area contributed by atoms with Crippen LogP contribution in [0.1, 0.15) is 54.0 Å². The molecule has 0 aliphatic carbocycles. The number of benzene rings is 2. The van der Waals surface area contributed by atoms with Crippen molar-refractivity contribution in [2.24, 2.45) is 15.3 Å². The first-order chi connectivity index (χ1) is 17.6. The van der Waals surface area contributed by atoms with Crippen molar-refractivity contribution in [3.63, 3.8) is 0 Å². The van der Waals surface area contributed by atoms with E-state index in [1.54, 1.807) is 31.4 Å². The van der Waals surface area contributed by atoms with E-state index in [2.05, 4.69) is 36.0 Å². The summed E-state index contributed by atoms with van der Waals surface area (Å²) in [6.07, 6.45) is 2.43. The van der Waals surface area contributed by atoms with Gasteiger partial charge in [0.15, 0.2) is 11.5 Å². The Morgan fingerprint density at radius 1 is 1.25 bits per heavy atom. The summed E-state index contributed by atoms with van der Waals surface area (Å²) in [6, 6.07) is 13.3. The molecule has 0 radical (unpaired) electrons. The third-order valence-corrected chi connectivity index (χ3v) is 5.35. The average molecular weight is 488 g/mol. The van der Waals surface area contributed by atoms with Gasteiger partial charge >= 0.3 is 0 Å². The van der Waals surface area contributed by atoms with E-state index >= 15 is 0 Å². The molecule has 3 aromatic rings. The lowest BCUT2D eigenvalue weighted by atomic mass is 10.0.